The number of hydrogen-bond acceptors (Lipinski definition) is 4. The molecule has 1 aromatic rings. The van der Waals surface area contributed by atoms with Crippen LogP contribution in [0.3, 0.4) is 0 Å². The van der Waals surface area contributed by atoms with Gasteiger partial charge in [0.1, 0.15) is 10.6 Å². The van der Waals surface area contributed by atoms with Crippen LogP contribution in [0.1, 0.15) is 36.8 Å². The molecule has 21 heavy (non-hydrogen) atoms. The molecular formula is C13H20N2O5S. The number of nitrogens with zero attached hydrogens (tertiary/aromatic N) is 2. The number of rotatable bonds is 5. The molecule has 1 aliphatic heterocycles. The predicted octanol–water partition coefficient (Wildman–Crippen LogP) is 0.770. The number of aromatic carboxylic acids is 1. The van der Waals surface area contributed by atoms with E-state index in [4.69, 9.17) is 5.11 Å². The monoisotopic (exact) mass is 316 g/mol. The van der Waals surface area contributed by atoms with Crippen molar-refractivity contribution in [3.05, 3.63) is 18.0 Å². The van der Waals surface area contributed by atoms with E-state index in [9.17, 15) is 18.3 Å². The van der Waals surface area contributed by atoms with Crippen molar-refractivity contribution < 1.29 is 23.4 Å². The fourth-order valence-corrected chi connectivity index (χ4v) is 4.07. The number of aliphatic hydroxyl groups excluding tert-OH is 1. The topological polar surface area (TPSA) is 99.8 Å². The van der Waals surface area contributed by atoms with Crippen molar-refractivity contribution in [3.8, 4) is 0 Å². The lowest BCUT2D eigenvalue weighted by molar-refractivity contribution is 0.0683. The highest BCUT2D eigenvalue weighted by Gasteiger charge is 2.34. The quantitative estimate of drug-likeness (QED) is 0.836. The molecular weight excluding hydrogens is 296 g/mol. The van der Waals surface area contributed by atoms with E-state index < -0.39 is 16.0 Å². The number of sulfonamides is 1. The van der Waals surface area contributed by atoms with Gasteiger partial charge in [-0.25, -0.2) is 13.2 Å². The average Bonchev–Trinajstić information content (AvgIpc) is 3.06. The molecule has 2 N–H and O–H groups in total. The van der Waals surface area contributed by atoms with Crippen molar-refractivity contribution in [2.75, 3.05) is 19.7 Å². The number of hydrogen-bond donors (Lipinski definition) is 2. The summed E-state index contributed by atoms with van der Waals surface area (Å²) in [7, 11) is -3.71. The summed E-state index contributed by atoms with van der Waals surface area (Å²) in [6.45, 7) is 4.16. The fraction of sp³-hybridized carbons (Fsp3) is 0.615. The lowest BCUT2D eigenvalue weighted by atomic mass is 10.1. The number of carboxylic acids is 1. The number of aromatic nitrogens is 1. The second-order valence-corrected chi connectivity index (χ2v) is 7.51. The van der Waals surface area contributed by atoms with E-state index in [0.29, 0.717) is 13.0 Å². The molecule has 0 bridgehead atoms. The summed E-state index contributed by atoms with van der Waals surface area (Å²) in [4.78, 5) is 11.2. The third-order valence-electron chi connectivity index (χ3n) is 3.74. The predicted molar refractivity (Wildman–Crippen MR) is 75.7 cm³/mol. The van der Waals surface area contributed by atoms with Gasteiger partial charge in [0.05, 0.1) is 0 Å². The molecule has 2 heterocycles. The molecule has 1 aliphatic rings. The molecule has 1 saturated heterocycles. The van der Waals surface area contributed by atoms with Gasteiger partial charge >= 0.3 is 5.97 Å². The van der Waals surface area contributed by atoms with Gasteiger partial charge in [-0.05, 0) is 32.3 Å². The van der Waals surface area contributed by atoms with Crippen molar-refractivity contribution in [3.63, 3.8) is 0 Å². The molecule has 0 spiro atoms. The van der Waals surface area contributed by atoms with Crippen LogP contribution in [-0.4, -0.2) is 53.2 Å². The largest absolute Gasteiger partial charge is 0.477 e. The van der Waals surface area contributed by atoms with E-state index in [1.54, 1.807) is 13.8 Å². The third kappa shape index (κ3) is 2.97. The molecule has 1 unspecified atom stereocenters. The van der Waals surface area contributed by atoms with Gasteiger partial charge in [-0.2, -0.15) is 4.31 Å². The van der Waals surface area contributed by atoms with Crippen molar-refractivity contribution in [2.45, 2.75) is 31.2 Å². The van der Waals surface area contributed by atoms with Gasteiger partial charge in [-0.3, -0.25) is 0 Å². The van der Waals surface area contributed by atoms with Crippen LogP contribution in [-0.2, 0) is 10.0 Å². The summed E-state index contributed by atoms with van der Waals surface area (Å²) in [5.41, 5.74) is -0.0403. The highest BCUT2D eigenvalue weighted by molar-refractivity contribution is 7.89. The third-order valence-corrected chi connectivity index (χ3v) is 5.57. The van der Waals surface area contributed by atoms with Gasteiger partial charge in [0.25, 0.3) is 0 Å². The van der Waals surface area contributed by atoms with Gasteiger partial charge in [0, 0.05) is 31.9 Å². The van der Waals surface area contributed by atoms with Crippen LogP contribution in [0.25, 0.3) is 0 Å². The minimum atomic E-state index is -3.71. The van der Waals surface area contributed by atoms with Crippen LogP contribution in [0, 0.1) is 5.92 Å². The SMILES string of the molecule is CC(C)n1cc(S(=O)(=O)N2CCC(CO)C2)cc1C(=O)O. The molecule has 0 aliphatic carbocycles. The summed E-state index contributed by atoms with van der Waals surface area (Å²) >= 11 is 0. The number of carbonyl (C=O) groups is 1. The van der Waals surface area contributed by atoms with Crippen LogP contribution >= 0.6 is 0 Å². The summed E-state index contributed by atoms with van der Waals surface area (Å²) in [5, 5.41) is 18.3. The molecule has 2 rings (SSSR count). The summed E-state index contributed by atoms with van der Waals surface area (Å²) < 4.78 is 27.8. The fourth-order valence-electron chi connectivity index (χ4n) is 2.51. The first kappa shape index (κ1) is 16.0. The molecule has 8 heteroatoms. The van der Waals surface area contributed by atoms with Crippen molar-refractivity contribution in [1.29, 1.82) is 0 Å². The Morgan fingerprint density at radius 3 is 2.57 bits per heavy atom. The summed E-state index contributed by atoms with van der Waals surface area (Å²) in [6.07, 6.45) is 1.99. The molecule has 0 saturated carbocycles. The molecule has 0 radical (unpaired) electrons. The average molecular weight is 316 g/mol. The van der Waals surface area contributed by atoms with Crippen LogP contribution in [0.2, 0.25) is 0 Å². The van der Waals surface area contributed by atoms with Crippen LogP contribution in [0.4, 0.5) is 0 Å². The van der Waals surface area contributed by atoms with E-state index in [1.807, 2.05) is 0 Å². The number of aliphatic hydroxyl groups is 1. The molecule has 7 nitrogen and oxygen atoms in total. The van der Waals surface area contributed by atoms with Crippen molar-refractivity contribution >= 4 is 16.0 Å². The zero-order chi connectivity index (χ0) is 15.8. The highest BCUT2D eigenvalue weighted by Crippen LogP contribution is 2.26. The van der Waals surface area contributed by atoms with Crippen LogP contribution in [0.5, 0.6) is 0 Å². The Labute approximate surface area is 123 Å². The summed E-state index contributed by atoms with van der Waals surface area (Å²) in [6, 6.07) is 1.05. The van der Waals surface area contributed by atoms with Gasteiger partial charge < -0.3 is 14.8 Å². The van der Waals surface area contributed by atoms with Gasteiger partial charge in [0.15, 0.2) is 0 Å². The molecule has 1 fully saturated rings. The second-order valence-electron chi connectivity index (χ2n) is 5.57. The second kappa shape index (κ2) is 5.78. The number of carboxylic acid groups (broad SMARTS) is 1. The molecule has 1 aromatic heterocycles. The van der Waals surface area contributed by atoms with E-state index >= 15 is 0 Å². The van der Waals surface area contributed by atoms with E-state index in [2.05, 4.69) is 0 Å². The Hall–Kier alpha value is -1.38. The summed E-state index contributed by atoms with van der Waals surface area (Å²) in [5.74, 6) is -1.20. The Balaban J connectivity index is 2.37. The standard InChI is InChI=1S/C13H20N2O5S/c1-9(2)15-7-11(5-12(15)13(17)18)21(19,20)14-4-3-10(6-14)8-16/h5,7,9-10,16H,3-4,6,8H2,1-2H3,(H,17,18). The van der Waals surface area contributed by atoms with Crippen LogP contribution in [0.15, 0.2) is 17.2 Å². The zero-order valence-electron chi connectivity index (χ0n) is 12.1. The Kier molecular flexibility index (Phi) is 4.40. The maximum Gasteiger partial charge on any atom is 0.352 e. The van der Waals surface area contributed by atoms with Gasteiger partial charge in [-0.15, -0.1) is 0 Å². The molecule has 118 valence electrons. The van der Waals surface area contributed by atoms with Gasteiger partial charge in [0.2, 0.25) is 10.0 Å². The molecule has 0 aromatic carbocycles. The van der Waals surface area contributed by atoms with Crippen LogP contribution < -0.4 is 0 Å². The van der Waals surface area contributed by atoms with Gasteiger partial charge in [-0.1, -0.05) is 0 Å². The first-order valence-corrected chi connectivity index (χ1v) is 8.27. The minimum Gasteiger partial charge on any atom is -0.477 e. The lowest BCUT2D eigenvalue weighted by Gasteiger charge is -2.15. The Morgan fingerprint density at radius 1 is 1.48 bits per heavy atom. The van der Waals surface area contributed by atoms with Crippen molar-refractivity contribution in [2.24, 2.45) is 5.92 Å². The smallest absolute Gasteiger partial charge is 0.352 e. The van der Waals surface area contributed by atoms with E-state index in [-0.39, 0.29) is 35.7 Å². The maximum absolute atomic E-state index is 12.5. The van der Waals surface area contributed by atoms with E-state index in [1.165, 1.54) is 21.1 Å². The minimum absolute atomic E-state index is 0.00723. The molecule has 0 amide bonds. The first-order chi connectivity index (χ1) is 9.77. The first-order valence-electron chi connectivity index (χ1n) is 6.83. The normalized spacial score (nSPS) is 20.3. The molecule has 1 atom stereocenters. The van der Waals surface area contributed by atoms with Crippen molar-refractivity contribution in [1.82, 2.24) is 8.87 Å². The van der Waals surface area contributed by atoms with E-state index in [0.717, 1.165) is 0 Å². The lowest BCUT2D eigenvalue weighted by Crippen LogP contribution is -2.29. The Morgan fingerprint density at radius 2 is 2.14 bits per heavy atom. The Bertz CT molecular complexity index is 635. The maximum atomic E-state index is 12.5. The zero-order valence-corrected chi connectivity index (χ0v) is 12.9. The highest BCUT2D eigenvalue weighted by atomic mass is 32.2.